The lowest BCUT2D eigenvalue weighted by Gasteiger charge is -2.23. The average molecular weight is 435 g/mol. The molecule has 0 unspecified atom stereocenters. The third-order valence-electron chi connectivity index (χ3n) is 3.34. The Morgan fingerprint density at radius 2 is 1.93 bits per heavy atom. The summed E-state index contributed by atoms with van der Waals surface area (Å²) in [7, 11) is -4.11. The molecule has 2 aromatic rings. The van der Waals surface area contributed by atoms with E-state index in [1.54, 1.807) is 12.1 Å². The van der Waals surface area contributed by atoms with E-state index in [9.17, 15) is 26.4 Å². The van der Waals surface area contributed by atoms with E-state index in [-0.39, 0.29) is 5.02 Å². The monoisotopic (exact) mass is 434 g/mol. The van der Waals surface area contributed by atoms with Crippen molar-refractivity contribution < 1.29 is 26.4 Å². The van der Waals surface area contributed by atoms with Gasteiger partial charge in [0.2, 0.25) is 10.0 Å². The Balaban J connectivity index is 2.23. The average Bonchev–Trinajstić information content (AvgIpc) is 2.59. The second kappa shape index (κ2) is 8.57. The van der Waals surface area contributed by atoms with Gasteiger partial charge in [-0.1, -0.05) is 11.6 Å². The smallest absolute Gasteiger partial charge is 0.271 e. The number of pyridine rings is 1. The van der Waals surface area contributed by atoms with Crippen LogP contribution in [0.5, 0.6) is 0 Å². The minimum atomic E-state index is -4.71. The summed E-state index contributed by atoms with van der Waals surface area (Å²) in [6.07, 6.45) is 0.340. The van der Waals surface area contributed by atoms with Gasteiger partial charge in [-0.15, -0.1) is 0 Å². The third-order valence-corrected chi connectivity index (χ3v) is 4.78. The highest BCUT2D eigenvalue weighted by molar-refractivity contribution is 7.92. The number of hydrazone groups is 1. The number of carbonyl (C=O) groups is 1. The molecule has 1 aromatic heterocycles. The molecule has 150 valence electrons. The molecule has 1 aromatic carbocycles. The lowest BCUT2D eigenvalue weighted by Crippen LogP contribution is -2.39. The number of hydrogen-bond donors (Lipinski definition) is 1. The molecule has 0 aliphatic heterocycles. The first-order valence-corrected chi connectivity index (χ1v) is 9.77. The van der Waals surface area contributed by atoms with Gasteiger partial charge >= 0.3 is 6.18 Å². The van der Waals surface area contributed by atoms with Crippen LogP contribution in [0.25, 0.3) is 0 Å². The van der Waals surface area contributed by atoms with Crippen molar-refractivity contribution in [3.8, 4) is 0 Å². The molecule has 0 atom stereocenters. The summed E-state index contributed by atoms with van der Waals surface area (Å²) in [4.78, 5) is 15.9. The molecule has 0 aliphatic rings. The maximum atomic E-state index is 12.9. The Labute approximate surface area is 163 Å². The van der Waals surface area contributed by atoms with E-state index < -0.39 is 39.9 Å². The molecule has 0 spiro atoms. The molecule has 2 rings (SSSR count). The maximum Gasteiger partial charge on any atom is 0.416 e. The maximum absolute atomic E-state index is 12.9. The second-order valence-corrected chi connectivity index (χ2v) is 7.82. The molecule has 0 bridgehead atoms. The van der Waals surface area contributed by atoms with Crippen molar-refractivity contribution in [2.45, 2.75) is 6.18 Å². The van der Waals surface area contributed by atoms with Crippen molar-refractivity contribution >= 4 is 39.4 Å². The largest absolute Gasteiger partial charge is 0.416 e. The van der Waals surface area contributed by atoms with Crippen LogP contribution in [-0.2, 0) is 21.0 Å². The fraction of sp³-hybridized carbons (Fsp3) is 0.188. The fourth-order valence-electron chi connectivity index (χ4n) is 2.06. The predicted octanol–water partition coefficient (Wildman–Crippen LogP) is 2.67. The standard InChI is InChI=1S/C16H14ClF3N4O3S/c1-28(26,27)24(14-8-12(16(18,19)20)2-3-13(14)17)10-15(25)23-22-9-11-4-6-21-7-5-11/h2-9H,10H2,1H3,(H,23,25)/b22-9-. The molecule has 0 aliphatic carbocycles. The Kier molecular flexibility index (Phi) is 6.62. The lowest BCUT2D eigenvalue weighted by molar-refractivity contribution is -0.137. The Morgan fingerprint density at radius 1 is 1.29 bits per heavy atom. The summed E-state index contributed by atoms with van der Waals surface area (Å²) in [5.74, 6) is -0.871. The van der Waals surface area contributed by atoms with Crippen molar-refractivity contribution in [1.29, 1.82) is 0 Å². The van der Waals surface area contributed by atoms with Gasteiger partial charge in [-0.3, -0.25) is 14.1 Å². The first kappa shape index (κ1) is 21.6. The normalized spacial score (nSPS) is 12.2. The van der Waals surface area contributed by atoms with Gasteiger partial charge in [0.15, 0.2) is 0 Å². The van der Waals surface area contributed by atoms with E-state index in [0.717, 1.165) is 12.3 Å². The molecule has 0 saturated heterocycles. The van der Waals surface area contributed by atoms with Gasteiger partial charge in [-0.25, -0.2) is 13.8 Å². The summed E-state index contributed by atoms with van der Waals surface area (Å²) >= 11 is 5.87. The summed E-state index contributed by atoms with van der Waals surface area (Å²) < 4.78 is 63.4. The van der Waals surface area contributed by atoms with Gasteiger partial charge < -0.3 is 0 Å². The van der Waals surface area contributed by atoms with Crippen LogP contribution >= 0.6 is 11.6 Å². The highest BCUT2D eigenvalue weighted by Crippen LogP contribution is 2.36. The Bertz CT molecular complexity index is 982. The SMILES string of the molecule is CS(=O)(=O)N(CC(=O)N/N=C\c1ccncc1)c1cc(C(F)(F)F)ccc1Cl. The van der Waals surface area contributed by atoms with Crippen molar-refractivity contribution in [3.63, 3.8) is 0 Å². The van der Waals surface area contributed by atoms with Crippen molar-refractivity contribution in [3.05, 3.63) is 58.9 Å². The van der Waals surface area contributed by atoms with Crippen LogP contribution in [0.15, 0.2) is 47.8 Å². The van der Waals surface area contributed by atoms with Crippen molar-refractivity contribution in [1.82, 2.24) is 10.4 Å². The number of rotatable bonds is 6. The zero-order valence-corrected chi connectivity index (χ0v) is 15.9. The predicted molar refractivity (Wildman–Crippen MR) is 98.6 cm³/mol. The summed E-state index contributed by atoms with van der Waals surface area (Å²) in [6.45, 7) is -0.812. The first-order valence-electron chi connectivity index (χ1n) is 7.55. The van der Waals surface area contributed by atoms with Crippen LogP contribution in [0, 0.1) is 0 Å². The van der Waals surface area contributed by atoms with E-state index in [2.05, 4.69) is 15.5 Å². The Morgan fingerprint density at radius 3 is 2.50 bits per heavy atom. The number of amides is 1. The minimum Gasteiger partial charge on any atom is -0.271 e. The highest BCUT2D eigenvalue weighted by atomic mass is 35.5. The number of alkyl halides is 3. The zero-order chi connectivity index (χ0) is 20.9. The summed E-state index contributed by atoms with van der Waals surface area (Å²) in [5.41, 5.74) is 1.16. The Hall–Kier alpha value is -2.66. The third kappa shape index (κ3) is 5.92. The van der Waals surface area contributed by atoms with Gasteiger partial charge in [0, 0.05) is 12.4 Å². The van der Waals surface area contributed by atoms with E-state index >= 15 is 0 Å². The summed E-state index contributed by atoms with van der Waals surface area (Å²) in [5, 5.41) is 3.40. The van der Waals surface area contributed by atoms with Crippen LogP contribution in [0.3, 0.4) is 0 Å². The number of hydrogen-bond acceptors (Lipinski definition) is 5. The number of sulfonamides is 1. The molecule has 0 radical (unpaired) electrons. The van der Waals surface area contributed by atoms with Gasteiger partial charge in [0.25, 0.3) is 5.91 Å². The van der Waals surface area contributed by atoms with Crippen LogP contribution in [0.4, 0.5) is 18.9 Å². The van der Waals surface area contributed by atoms with Gasteiger partial charge in [-0.2, -0.15) is 18.3 Å². The molecule has 0 fully saturated rings. The van der Waals surface area contributed by atoms with Crippen molar-refractivity contribution in [2.75, 3.05) is 17.1 Å². The zero-order valence-electron chi connectivity index (χ0n) is 14.3. The second-order valence-electron chi connectivity index (χ2n) is 5.51. The molecule has 1 heterocycles. The van der Waals surface area contributed by atoms with Crippen molar-refractivity contribution in [2.24, 2.45) is 5.10 Å². The molecule has 7 nitrogen and oxygen atoms in total. The highest BCUT2D eigenvalue weighted by Gasteiger charge is 2.33. The molecular formula is C16H14ClF3N4O3S. The van der Waals surface area contributed by atoms with E-state index in [4.69, 9.17) is 11.6 Å². The van der Waals surface area contributed by atoms with E-state index in [1.165, 1.54) is 18.6 Å². The number of benzene rings is 1. The number of aromatic nitrogens is 1. The van der Waals surface area contributed by atoms with Crippen LogP contribution in [0.2, 0.25) is 5.02 Å². The number of carbonyl (C=O) groups excluding carboxylic acids is 1. The molecule has 12 heteroatoms. The lowest BCUT2D eigenvalue weighted by atomic mass is 10.2. The van der Waals surface area contributed by atoms with Crippen LogP contribution in [-0.4, -0.2) is 38.3 Å². The molecule has 0 saturated carbocycles. The van der Waals surface area contributed by atoms with Crippen LogP contribution < -0.4 is 9.73 Å². The van der Waals surface area contributed by atoms with E-state index in [0.29, 0.717) is 22.0 Å². The van der Waals surface area contributed by atoms with Gasteiger partial charge in [0.05, 0.1) is 28.7 Å². The number of nitrogens with one attached hydrogen (secondary N) is 1. The van der Waals surface area contributed by atoms with E-state index in [1.807, 2.05) is 0 Å². The first-order chi connectivity index (χ1) is 13.0. The molecule has 1 N–H and O–H groups in total. The van der Waals surface area contributed by atoms with Crippen LogP contribution in [0.1, 0.15) is 11.1 Å². The number of halogens is 4. The van der Waals surface area contributed by atoms with Gasteiger partial charge in [0.1, 0.15) is 6.54 Å². The topological polar surface area (TPSA) is 91.7 Å². The fourth-order valence-corrected chi connectivity index (χ4v) is 3.19. The molecule has 1 amide bonds. The quantitative estimate of drug-likeness (QED) is 0.559. The number of anilines is 1. The minimum absolute atomic E-state index is 0.258. The summed E-state index contributed by atoms with van der Waals surface area (Å²) in [6, 6.07) is 5.42. The molecule has 28 heavy (non-hydrogen) atoms. The number of nitrogens with zero attached hydrogens (tertiary/aromatic N) is 3. The molecular weight excluding hydrogens is 421 g/mol. The van der Waals surface area contributed by atoms with Gasteiger partial charge in [-0.05, 0) is 35.9 Å².